The molecule has 63 heavy (non-hydrogen) atoms. The summed E-state index contributed by atoms with van der Waals surface area (Å²) >= 11 is 0. The Hall–Kier alpha value is -4.57. The van der Waals surface area contributed by atoms with E-state index in [0.29, 0.717) is 0 Å². The standard InChI is InChI=1S/3C18H15P.CH2O.3ClH.Rh/c3*1-4-10-16(11-5-1)19(17-12-6-2-7-13-17)18-14-8-3-9-15-18;1-2;;;;/h3*1-15H;1H2;3*1H;/q;;;;;;;+3/p-3. The Bertz CT molecular complexity index is 1900. The average molecular weight is 1030 g/mol. The van der Waals surface area contributed by atoms with Crippen LogP contribution < -0.4 is 85.0 Å². The van der Waals surface area contributed by atoms with Crippen molar-refractivity contribution >= 4 is 78.3 Å². The van der Waals surface area contributed by atoms with Gasteiger partial charge in [0.15, 0.2) is 0 Å². The summed E-state index contributed by atoms with van der Waals surface area (Å²) in [6.45, 7) is 2.00. The van der Waals surface area contributed by atoms with Crippen molar-refractivity contribution in [3.05, 3.63) is 273 Å². The van der Waals surface area contributed by atoms with E-state index in [2.05, 4.69) is 273 Å². The Morgan fingerprint density at radius 1 is 0.190 bits per heavy atom. The molecule has 0 saturated carbocycles. The van der Waals surface area contributed by atoms with Gasteiger partial charge in [-0.3, -0.25) is 0 Å². The molecule has 0 aliphatic carbocycles. The number of carbonyl (C=O) groups is 1. The van der Waals surface area contributed by atoms with Crippen molar-refractivity contribution in [2.24, 2.45) is 0 Å². The fraction of sp³-hybridized carbons (Fsp3) is 0. The van der Waals surface area contributed by atoms with Crippen LogP contribution >= 0.6 is 23.8 Å². The minimum absolute atomic E-state index is 0. The summed E-state index contributed by atoms with van der Waals surface area (Å²) in [6, 6.07) is 97.0. The van der Waals surface area contributed by atoms with Crippen LogP contribution in [0, 0.1) is 0 Å². The average Bonchev–Trinajstić information content (AvgIpc) is 3.34. The van der Waals surface area contributed by atoms with Crippen LogP contribution in [0.15, 0.2) is 273 Å². The monoisotopic (exact) mass is 1020 g/mol. The zero-order chi connectivity index (χ0) is 40.7. The van der Waals surface area contributed by atoms with E-state index < -0.39 is 23.8 Å². The summed E-state index contributed by atoms with van der Waals surface area (Å²) in [5.41, 5.74) is 0. The van der Waals surface area contributed by atoms with E-state index in [9.17, 15) is 0 Å². The molecule has 0 amide bonds. The summed E-state index contributed by atoms with van der Waals surface area (Å²) in [6.07, 6.45) is 0. The first-order valence-corrected chi connectivity index (χ1v) is 23.5. The molecular weight excluding hydrogens is 979 g/mol. The van der Waals surface area contributed by atoms with Crippen LogP contribution in [0.25, 0.3) is 0 Å². The first kappa shape index (κ1) is 54.6. The van der Waals surface area contributed by atoms with Gasteiger partial charge in [-0.1, -0.05) is 273 Å². The summed E-state index contributed by atoms with van der Waals surface area (Å²) in [5.74, 6) is 0. The van der Waals surface area contributed by atoms with Gasteiger partial charge >= 0.3 is 19.5 Å². The van der Waals surface area contributed by atoms with Crippen molar-refractivity contribution in [3.63, 3.8) is 0 Å². The van der Waals surface area contributed by atoms with E-state index >= 15 is 0 Å². The molecule has 0 unspecified atom stereocenters. The molecule has 0 aliphatic heterocycles. The van der Waals surface area contributed by atoms with Gasteiger partial charge in [0.2, 0.25) is 0 Å². The van der Waals surface area contributed by atoms with Gasteiger partial charge in [0.25, 0.3) is 0 Å². The Morgan fingerprint density at radius 3 is 0.349 bits per heavy atom. The van der Waals surface area contributed by atoms with Crippen LogP contribution in [0.1, 0.15) is 0 Å². The summed E-state index contributed by atoms with van der Waals surface area (Å²) in [4.78, 5) is 8.00. The number of halogens is 3. The molecule has 0 N–H and O–H groups in total. The van der Waals surface area contributed by atoms with Crippen LogP contribution in [0.4, 0.5) is 0 Å². The Morgan fingerprint density at radius 2 is 0.270 bits per heavy atom. The van der Waals surface area contributed by atoms with E-state index in [-0.39, 0.29) is 56.7 Å². The number of rotatable bonds is 9. The molecule has 9 rings (SSSR count). The third-order valence-corrected chi connectivity index (χ3v) is 16.5. The minimum atomic E-state index is -0.446. The van der Waals surface area contributed by atoms with E-state index in [0.717, 1.165) is 0 Å². The normalized spacial score (nSPS) is 9.63. The Labute approximate surface area is 409 Å². The number of carbonyl (C=O) groups excluding carboxylic acids is 1. The van der Waals surface area contributed by atoms with Crippen LogP contribution in [0.2, 0.25) is 0 Å². The van der Waals surface area contributed by atoms with E-state index in [1.165, 1.54) is 47.7 Å². The molecule has 9 aromatic rings. The number of benzene rings is 9. The maximum absolute atomic E-state index is 8.00. The van der Waals surface area contributed by atoms with Crippen molar-refractivity contribution in [1.82, 2.24) is 0 Å². The molecule has 0 aliphatic rings. The molecule has 1 nitrogen and oxygen atoms in total. The van der Waals surface area contributed by atoms with Gasteiger partial charge in [0.1, 0.15) is 6.79 Å². The first-order valence-electron chi connectivity index (χ1n) is 19.5. The predicted molar refractivity (Wildman–Crippen MR) is 263 cm³/mol. The van der Waals surface area contributed by atoms with E-state index in [1.807, 2.05) is 6.79 Å². The van der Waals surface area contributed by atoms with Gasteiger partial charge in [0, 0.05) is 0 Å². The van der Waals surface area contributed by atoms with Gasteiger partial charge in [-0.05, 0) is 71.5 Å². The van der Waals surface area contributed by atoms with Crippen molar-refractivity contribution < 1.29 is 61.5 Å². The molecule has 0 heterocycles. The number of hydrogen-bond donors (Lipinski definition) is 0. The molecule has 0 bridgehead atoms. The van der Waals surface area contributed by atoms with E-state index in [4.69, 9.17) is 4.79 Å². The van der Waals surface area contributed by atoms with Gasteiger partial charge in [-0.15, -0.1) is 0 Å². The molecule has 8 heteroatoms. The predicted octanol–water partition coefficient (Wildman–Crippen LogP) is 1.16. The van der Waals surface area contributed by atoms with Crippen molar-refractivity contribution in [3.8, 4) is 0 Å². The number of hydrogen-bond acceptors (Lipinski definition) is 1. The second kappa shape index (κ2) is 31.3. The van der Waals surface area contributed by atoms with Crippen molar-refractivity contribution in [2.75, 3.05) is 0 Å². The fourth-order valence-electron chi connectivity index (χ4n) is 6.54. The summed E-state index contributed by atoms with van der Waals surface area (Å²) in [5, 5.41) is 12.6. The molecule has 0 radical (unpaired) electrons. The Balaban J connectivity index is 0.000000309. The molecule has 0 atom stereocenters. The zero-order valence-electron chi connectivity index (χ0n) is 34.4. The van der Waals surface area contributed by atoms with Crippen molar-refractivity contribution in [2.45, 2.75) is 0 Å². The first-order chi connectivity index (χ1) is 29.3. The summed E-state index contributed by atoms with van der Waals surface area (Å²) in [7, 11) is -1.34. The SMILES string of the molecule is C=O.[Cl-].[Cl-].[Cl-].[Rh+3].c1ccc(P(c2ccccc2)c2ccccc2)cc1.c1ccc(P(c2ccccc2)c2ccccc2)cc1.c1ccc(P(c2ccccc2)c2ccccc2)cc1. The smallest absolute Gasteiger partial charge is 1.00 e. The van der Waals surface area contributed by atoms with Gasteiger partial charge in [0.05, 0.1) is 0 Å². The fourth-order valence-corrected chi connectivity index (χ4v) is 13.5. The van der Waals surface area contributed by atoms with Gasteiger partial charge in [-0.25, -0.2) is 0 Å². The van der Waals surface area contributed by atoms with Crippen LogP contribution in [-0.4, -0.2) is 6.79 Å². The molecule has 0 spiro atoms. The second-order valence-electron chi connectivity index (χ2n) is 13.0. The van der Waals surface area contributed by atoms with Gasteiger partial charge in [-0.2, -0.15) is 0 Å². The van der Waals surface area contributed by atoms with Crippen LogP contribution in [0.3, 0.4) is 0 Å². The third-order valence-electron chi connectivity index (χ3n) is 9.13. The maximum Gasteiger partial charge on any atom is 3.00 e. The maximum atomic E-state index is 8.00. The van der Waals surface area contributed by atoms with Crippen LogP contribution in [-0.2, 0) is 24.3 Å². The summed E-state index contributed by atoms with van der Waals surface area (Å²) < 4.78 is 0. The molecule has 0 saturated heterocycles. The van der Waals surface area contributed by atoms with Gasteiger partial charge < -0.3 is 42.0 Å². The largest absolute Gasteiger partial charge is 3.00 e. The van der Waals surface area contributed by atoms with Crippen molar-refractivity contribution in [1.29, 1.82) is 0 Å². The third kappa shape index (κ3) is 16.5. The molecule has 0 aromatic heterocycles. The van der Waals surface area contributed by atoms with E-state index in [1.54, 1.807) is 0 Å². The topological polar surface area (TPSA) is 17.1 Å². The molecule has 9 aromatic carbocycles. The molecular formula is C55H47Cl3OP3Rh. The molecule has 318 valence electrons. The second-order valence-corrected chi connectivity index (χ2v) is 19.7. The zero-order valence-corrected chi connectivity index (χ0v) is 41.0. The Kier molecular flexibility index (Phi) is 27.1. The quantitative estimate of drug-likeness (QED) is 0.157. The minimum Gasteiger partial charge on any atom is -1.00 e. The van der Waals surface area contributed by atoms with Crippen LogP contribution in [0.5, 0.6) is 0 Å². The molecule has 0 fully saturated rings.